The smallest absolute Gasteiger partial charge is 0.310 e. The quantitative estimate of drug-likeness (QED) is 0.729. The van der Waals surface area contributed by atoms with Crippen molar-refractivity contribution in [1.29, 1.82) is 0 Å². The van der Waals surface area contributed by atoms with Crippen LogP contribution in [0.15, 0.2) is 52.9 Å². The van der Waals surface area contributed by atoms with Gasteiger partial charge in [-0.25, -0.2) is 4.98 Å². The van der Waals surface area contributed by atoms with Gasteiger partial charge in [-0.2, -0.15) is 0 Å². The van der Waals surface area contributed by atoms with Crippen molar-refractivity contribution in [2.24, 2.45) is 0 Å². The van der Waals surface area contributed by atoms with Crippen LogP contribution in [0.25, 0.3) is 11.1 Å². The van der Waals surface area contributed by atoms with Crippen molar-refractivity contribution < 1.29 is 18.7 Å². The molecule has 6 nitrogen and oxygen atoms in total. The zero-order valence-corrected chi connectivity index (χ0v) is 13.1. The van der Waals surface area contributed by atoms with Crippen molar-refractivity contribution >= 4 is 28.7 Å². The molecule has 1 amide bonds. The summed E-state index contributed by atoms with van der Waals surface area (Å²) < 4.78 is 10.7. The summed E-state index contributed by atoms with van der Waals surface area (Å²) in [5.41, 5.74) is 2.88. The van der Waals surface area contributed by atoms with Gasteiger partial charge in [0.05, 0.1) is 6.42 Å². The highest BCUT2D eigenvalue weighted by Crippen LogP contribution is 2.15. The molecule has 0 atom stereocenters. The van der Waals surface area contributed by atoms with Crippen molar-refractivity contribution in [3.05, 3.63) is 60.0 Å². The maximum absolute atomic E-state index is 11.9. The van der Waals surface area contributed by atoms with Gasteiger partial charge in [0.15, 0.2) is 12.2 Å². The average molecular weight is 324 g/mol. The molecule has 1 N–H and O–H groups in total. The third-order valence-electron chi connectivity index (χ3n) is 3.32. The Labute approximate surface area is 138 Å². The molecular weight excluding hydrogens is 308 g/mol. The maximum atomic E-state index is 11.9. The number of oxazole rings is 1. The first kappa shape index (κ1) is 15.7. The van der Waals surface area contributed by atoms with Crippen LogP contribution in [-0.4, -0.2) is 16.9 Å². The second-order valence-corrected chi connectivity index (χ2v) is 5.29. The summed E-state index contributed by atoms with van der Waals surface area (Å²) in [6, 6.07) is 14.4. The fourth-order valence-corrected chi connectivity index (χ4v) is 2.25. The number of nitrogens with one attached hydrogen (secondary N) is 1. The summed E-state index contributed by atoms with van der Waals surface area (Å²) in [5.74, 6) is -0.143. The van der Waals surface area contributed by atoms with Gasteiger partial charge >= 0.3 is 5.97 Å². The Morgan fingerprint density at radius 3 is 2.58 bits per heavy atom. The molecule has 0 bridgehead atoms. The van der Waals surface area contributed by atoms with Gasteiger partial charge in [-0.3, -0.25) is 9.59 Å². The maximum Gasteiger partial charge on any atom is 0.310 e. The second kappa shape index (κ2) is 6.95. The Morgan fingerprint density at radius 1 is 1.12 bits per heavy atom. The summed E-state index contributed by atoms with van der Waals surface area (Å²) in [6.45, 7) is 1.44. The van der Waals surface area contributed by atoms with E-state index in [2.05, 4.69) is 10.3 Å². The SMILES string of the molecule is CC(=O)Nc1ccc(CC(=O)OCc2nc3ccccc3o2)cc1. The Kier molecular flexibility index (Phi) is 4.56. The van der Waals surface area contributed by atoms with Crippen molar-refractivity contribution in [2.75, 3.05) is 5.32 Å². The van der Waals surface area contributed by atoms with Gasteiger partial charge in [-0.1, -0.05) is 24.3 Å². The van der Waals surface area contributed by atoms with Gasteiger partial charge in [-0.15, -0.1) is 0 Å². The number of anilines is 1. The number of carbonyl (C=O) groups is 2. The highest BCUT2D eigenvalue weighted by molar-refractivity contribution is 5.88. The normalized spacial score (nSPS) is 10.5. The zero-order valence-electron chi connectivity index (χ0n) is 13.1. The number of para-hydroxylation sites is 2. The predicted octanol–water partition coefficient (Wildman–Crippen LogP) is 3.07. The standard InChI is InChI=1S/C18H16N2O4/c1-12(21)19-14-8-6-13(7-9-14)10-18(22)23-11-17-20-15-4-2-3-5-16(15)24-17/h2-9H,10-11H2,1H3,(H,19,21). The lowest BCUT2D eigenvalue weighted by Gasteiger charge is -2.05. The first-order valence-corrected chi connectivity index (χ1v) is 7.47. The third kappa shape index (κ3) is 3.98. The fraction of sp³-hybridized carbons (Fsp3) is 0.167. The topological polar surface area (TPSA) is 81.4 Å². The van der Waals surface area contributed by atoms with Crippen LogP contribution in [-0.2, 0) is 27.4 Å². The minimum atomic E-state index is -0.371. The lowest BCUT2D eigenvalue weighted by Crippen LogP contribution is -2.09. The largest absolute Gasteiger partial charge is 0.455 e. The van der Waals surface area contributed by atoms with E-state index in [0.717, 1.165) is 11.1 Å². The number of fused-ring (bicyclic) bond motifs is 1. The summed E-state index contributed by atoms with van der Waals surface area (Å²) in [6.07, 6.45) is 0.139. The van der Waals surface area contributed by atoms with Crippen molar-refractivity contribution in [1.82, 2.24) is 4.98 Å². The number of amides is 1. The minimum absolute atomic E-state index is 0.00249. The van der Waals surface area contributed by atoms with Crippen LogP contribution in [0, 0.1) is 0 Å². The molecule has 0 spiro atoms. The van der Waals surface area contributed by atoms with Crippen molar-refractivity contribution in [3.63, 3.8) is 0 Å². The van der Waals surface area contributed by atoms with E-state index in [4.69, 9.17) is 9.15 Å². The molecule has 6 heteroatoms. The molecule has 24 heavy (non-hydrogen) atoms. The average Bonchev–Trinajstić information content (AvgIpc) is 2.97. The van der Waals surface area contributed by atoms with Gasteiger partial charge in [0.2, 0.25) is 11.8 Å². The van der Waals surface area contributed by atoms with E-state index in [-0.39, 0.29) is 24.9 Å². The van der Waals surface area contributed by atoms with Gasteiger partial charge in [0.1, 0.15) is 5.52 Å². The number of benzene rings is 2. The molecule has 0 fully saturated rings. The molecule has 3 aromatic rings. The molecule has 0 saturated carbocycles. The molecule has 2 aromatic carbocycles. The Morgan fingerprint density at radius 2 is 1.88 bits per heavy atom. The molecule has 0 unspecified atom stereocenters. The number of ether oxygens (including phenoxy) is 1. The molecule has 0 aliphatic rings. The molecule has 1 heterocycles. The molecule has 0 saturated heterocycles. The van der Waals surface area contributed by atoms with E-state index in [1.165, 1.54) is 6.92 Å². The van der Waals surface area contributed by atoms with E-state index in [1.807, 2.05) is 24.3 Å². The molecular formula is C18H16N2O4. The number of esters is 1. The number of aromatic nitrogens is 1. The summed E-state index contributed by atoms with van der Waals surface area (Å²) in [5, 5.41) is 2.67. The Bertz CT molecular complexity index is 835. The Balaban J connectivity index is 1.54. The monoisotopic (exact) mass is 324 g/mol. The molecule has 0 aliphatic carbocycles. The van der Waals surface area contributed by atoms with E-state index < -0.39 is 0 Å². The van der Waals surface area contributed by atoms with Crippen LogP contribution >= 0.6 is 0 Å². The van der Waals surface area contributed by atoms with E-state index in [0.29, 0.717) is 17.2 Å². The molecule has 1 aromatic heterocycles. The fourth-order valence-electron chi connectivity index (χ4n) is 2.25. The van der Waals surface area contributed by atoms with Crippen LogP contribution in [0.4, 0.5) is 5.69 Å². The first-order chi connectivity index (χ1) is 11.6. The van der Waals surface area contributed by atoms with Gasteiger partial charge < -0.3 is 14.5 Å². The first-order valence-electron chi connectivity index (χ1n) is 7.47. The number of hydrogen-bond donors (Lipinski definition) is 1. The molecule has 3 rings (SSSR count). The number of nitrogens with zero attached hydrogens (tertiary/aromatic N) is 1. The van der Waals surface area contributed by atoms with Gasteiger partial charge in [0.25, 0.3) is 0 Å². The van der Waals surface area contributed by atoms with Gasteiger partial charge in [-0.05, 0) is 29.8 Å². The zero-order chi connectivity index (χ0) is 16.9. The highest BCUT2D eigenvalue weighted by atomic mass is 16.5. The second-order valence-electron chi connectivity index (χ2n) is 5.29. The van der Waals surface area contributed by atoms with Crippen molar-refractivity contribution in [3.8, 4) is 0 Å². The van der Waals surface area contributed by atoms with Crippen LogP contribution in [0.5, 0.6) is 0 Å². The van der Waals surface area contributed by atoms with Crippen LogP contribution < -0.4 is 5.32 Å². The molecule has 122 valence electrons. The van der Waals surface area contributed by atoms with Gasteiger partial charge in [0, 0.05) is 12.6 Å². The number of hydrogen-bond acceptors (Lipinski definition) is 5. The number of rotatable bonds is 5. The van der Waals surface area contributed by atoms with E-state index >= 15 is 0 Å². The molecule has 0 aliphatic heterocycles. The van der Waals surface area contributed by atoms with E-state index in [9.17, 15) is 9.59 Å². The van der Waals surface area contributed by atoms with Crippen LogP contribution in [0.3, 0.4) is 0 Å². The lowest BCUT2D eigenvalue weighted by atomic mass is 10.1. The third-order valence-corrected chi connectivity index (χ3v) is 3.32. The summed E-state index contributed by atoms with van der Waals surface area (Å²) >= 11 is 0. The highest BCUT2D eigenvalue weighted by Gasteiger charge is 2.09. The lowest BCUT2D eigenvalue weighted by molar-refractivity contribution is -0.144. The van der Waals surface area contributed by atoms with Crippen molar-refractivity contribution in [2.45, 2.75) is 20.0 Å². The minimum Gasteiger partial charge on any atom is -0.455 e. The van der Waals surface area contributed by atoms with E-state index in [1.54, 1.807) is 24.3 Å². The number of carbonyl (C=O) groups excluding carboxylic acids is 2. The summed E-state index contributed by atoms with van der Waals surface area (Å²) in [4.78, 5) is 27.1. The van der Waals surface area contributed by atoms with Crippen LogP contribution in [0.1, 0.15) is 18.4 Å². The summed E-state index contributed by atoms with van der Waals surface area (Å²) in [7, 11) is 0. The Hall–Kier alpha value is -3.15. The van der Waals surface area contributed by atoms with Crippen LogP contribution in [0.2, 0.25) is 0 Å². The predicted molar refractivity (Wildman–Crippen MR) is 88.3 cm³/mol. The molecule has 0 radical (unpaired) electrons.